The fourth-order valence-electron chi connectivity index (χ4n) is 5.15. The fourth-order valence-corrected chi connectivity index (χ4v) is 5.15. The number of carbonyl (C=O) groups is 1. The van der Waals surface area contributed by atoms with Crippen molar-refractivity contribution in [3.8, 4) is 0 Å². The molecule has 0 unspecified atom stereocenters. The van der Waals surface area contributed by atoms with Gasteiger partial charge in [0, 0.05) is 31.9 Å². The molecule has 1 aromatic rings. The maximum absolute atomic E-state index is 12.8. The van der Waals surface area contributed by atoms with E-state index in [1.165, 1.54) is 31.2 Å². The zero-order valence-corrected chi connectivity index (χ0v) is 19.7. The standard InChI is InChI=1S/C27H37N3O3/c1-19(29-27(31)25-7-4-16-32-25)26(22-12-10-21(11-13-22)20-8-9-20)33-24-6-3-15-30(18-24)23-5-2-14-28-17-23/h3,6,10-13,18-20,23,25-26,28H,2,4-5,7-9,14-17H2,1H3,(H,29,31)/t19-,23-,25+,26-/m0/s1. The number of rotatable bonds is 8. The van der Waals surface area contributed by atoms with Gasteiger partial charge < -0.3 is 25.0 Å². The summed E-state index contributed by atoms with van der Waals surface area (Å²) in [4.78, 5) is 15.1. The Morgan fingerprint density at radius 2 is 2.03 bits per heavy atom. The summed E-state index contributed by atoms with van der Waals surface area (Å²) in [6, 6.07) is 9.10. The summed E-state index contributed by atoms with van der Waals surface area (Å²) in [6.45, 7) is 5.72. The van der Waals surface area contributed by atoms with E-state index in [0.29, 0.717) is 12.6 Å². The molecule has 4 atom stereocenters. The summed E-state index contributed by atoms with van der Waals surface area (Å²) in [5.74, 6) is 1.53. The molecule has 0 aromatic heterocycles. The minimum atomic E-state index is -0.339. The summed E-state index contributed by atoms with van der Waals surface area (Å²) in [5, 5.41) is 6.67. The van der Waals surface area contributed by atoms with Gasteiger partial charge in [-0.2, -0.15) is 0 Å². The van der Waals surface area contributed by atoms with Gasteiger partial charge in [-0.3, -0.25) is 4.79 Å². The zero-order valence-electron chi connectivity index (χ0n) is 19.7. The molecule has 1 saturated carbocycles. The lowest BCUT2D eigenvalue weighted by Crippen LogP contribution is -2.45. The summed E-state index contributed by atoms with van der Waals surface area (Å²) in [5.41, 5.74) is 2.49. The molecule has 178 valence electrons. The van der Waals surface area contributed by atoms with Crippen LogP contribution in [0.5, 0.6) is 0 Å². The monoisotopic (exact) mass is 451 g/mol. The smallest absolute Gasteiger partial charge is 0.249 e. The minimum absolute atomic E-state index is 0.0359. The van der Waals surface area contributed by atoms with Gasteiger partial charge in [-0.25, -0.2) is 0 Å². The number of hydrogen-bond donors (Lipinski definition) is 2. The Balaban J connectivity index is 1.32. The summed E-state index contributed by atoms with van der Waals surface area (Å²) in [6.07, 6.45) is 12.5. The Kier molecular flexibility index (Phi) is 7.02. The van der Waals surface area contributed by atoms with Crippen LogP contribution in [-0.2, 0) is 14.3 Å². The van der Waals surface area contributed by atoms with E-state index in [0.717, 1.165) is 49.7 Å². The molecule has 3 heterocycles. The van der Waals surface area contributed by atoms with Crippen LogP contribution in [0, 0.1) is 0 Å². The molecule has 33 heavy (non-hydrogen) atoms. The van der Waals surface area contributed by atoms with E-state index in [-0.39, 0.29) is 24.2 Å². The Labute approximate surface area is 197 Å². The van der Waals surface area contributed by atoms with Crippen molar-refractivity contribution in [2.75, 3.05) is 26.2 Å². The molecule has 1 amide bonds. The first-order valence-corrected chi connectivity index (χ1v) is 12.7. The highest BCUT2D eigenvalue weighted by Crippen LogP contribution is 2.40. The number of nitrogens with zero attached hydrogens (tertiary/aromatic N) is 1. The molecular weight excluding hydrogens is 414 g/mol. The van der Waals surface area contributed by atoms with Crippen molar-refractivity contribution in [1.82, 2.24) is 15.5 Å². The van der Waals surface area contributed by atoms with Crippen LogP contribution in [0.4, 0.5) is 0 Å². The Bertz CT molecular complexity index is 865. The first-order chi connectivity index (χ1) is 16.2. The Hall–Kier alpha value is -2.31. The number of benzene rings is 1. The van der Waals surface area contributed by atoms with Crippen molar-refractivity contribution in [1.29, 1.82) is 0 Å². The highest BCUT2D eigenvalue weighted by atomic mass is 16.5. The van der Waals surface area contributed by atoms with Gasteiger partial charge in [0.05, 0.1) is 6.04 Å². The molecule has 5 rings (SSSR count). The molecular formula is C27H37N3O3. The molecule has 1 aromatic carbocycles. The summed E-state index contributed by atoms with van der Waals surface area (Å²) < 4.78 is 12.2. The van der Waals surface area contributed by atoms with Crippen molar-refractivity contribution in [3.63, 3.8) is 0 Å². The lowest BCUT2D eigenvalue weighted by atomic mass is 9.99. The molecule has 4 aliphatic rings. The second-order valence-electron chi connectivity index (χ2n) is 9.91. The number of allylic oxidation sites excluding steroid dienone is 1. The van der Waals surface area contributed by atoms with E-state index in [4.69, 9.17) is 9.47 Å². The van der Waals surface area contributed by atoms with E-state index in [9.17, 15) is 4.79 Å². The lowest BCUT2D eigenvalue weighted by Gasteiger charge is -2.36. The van der Waals surface area contributed by atoms with Crippen molar-refractivity contribution in [2.24, 2.45) is 0 Å². The second-order valence-corrected chi connectivity index (χ2v) is 9.91. The van der Waals surface area contributed by atoms with Gasteiger partial charge in [-0.05, 0) is 75.1 Å². The van der Waals surface area contributed by atoms with Crippen molar-refractivity contribution in [3.05, 3.63) is 59.5 Å². The minimum Gasteiger partial charge on any atom is -0.482 e. The average Bonchev–Trinajstić information content (AvgIpc) is 3.56. The lowest BCUT2D eigenvalue weighted by molar-refractivity contribution is -0.131. The van der Waals surface area contributed by atoms with Crippen LogP contribution in [0.15, 0.2) is 48.4 Å². The van der Waals surface area contributed by atoms with E-state index in [1.807, 2.05) is 6.92 Å². The molecule has 3 fully saturated rings. The Morgan fingerprint density at radius 1 is 1.18 bits per heavy atom. The van der Waals surface area contributed by atoms with E-state index in [1.54, 1.807) is 0 Å². The van der Waals surface area contributed by atoms with Gasteiger partial charge in [-0.15, -0.1) is 0 Å². The number of piperidine rings is 1. The maximum Gasteiger partial charge on any atom is 0.249 e. The van der Waals surface area contributed by atoms with Crippen LogP contribution in [0.3, 0.4) is 0 Å². The van der Waals surface area contributed by atoms with Crippen LogP contribution in [-0.4, -0.2) is 55.2 Å². The molecule has 2 saturated heterocycles. The fraction of sp³-hybridized carbons (Fsp3) is 0.593. The van der Waals surface area contributed by atoms with Crippen molar-refractivity contribution < 1.29 is 14.3 Å². The van der Waals surface area contributed by atoms with Gasteiger partial charge in [0.2, 0.25) is 5.91 Å². The van der Waals surface area contributed by atoms with Crippen LogP contribution < -0.4 is 10.6 Å². The van der Waals surface area contributed by atoms with Gasteiger partial charge in [0.1, 0.15) is 18.0 Å². The number of amides is 1. The largest absolute Gasteiger partial charge is 0.482 e. The molecule has 2 N–H and O–H groups in total. The zero-order chi connectivity index (χ0) is 22.6. The molecule has 6 heteroatoms. The SMILES string of the molecule is C[C@H](NC(=O)[C@H]1CCCO1)[C@H](OC1=CN([C@H]2CCCNC2)CC=C1)c1ccc(C2CC2)cc1. The third kappa shape index (κ3) is 5.61. The summed E-state index contributed by atoms with van der Waals surface area (Å²) >= 11 is 0. The maximum atomic E-state index is 12.8. The van der Waals surface area contributed by atoms with E-state index < -0.39 is 0 Å². The quantitative estimate of drug-likeness (QED) is 0.630. The van der Waals surface area contributed by atoms with Crippen LogP contribution >= 0.6 is 0 Å². The summed E-state index contributed by atoms with van der Waals surface area (Å²) in [7, 11) is 0. The normalized spacial score (nSPS) is 27.1. The van der Waals surface area contributed by atoms with Crippen LogP contribution in [0.2, 0.25) is 0 Å². The number of nitrogens with one attached hydrogen (secondary N) is 2. The average molecular weight is 452 g/mol. The van der Waals surface area contributed by atoms with Crippen molar-refractivity contribution >= 4 is 5.91 Å². The molecule has 3 aliphatic heterocycles. The molecule has 0 spiro atoms. The van der Waals surface area contributed by atoms with Crippen LogP contribution in [0.1, 0.15) is 68.6 Å². The predicted octanol–water partition coefficient (Wildman–Crippen LogP) is 3.77. The first-order valence-electron chi connectivity index (χ1n) is 12.7. The second kappa shape index (κ2) is 10.3. The van der Waals surface area contributed by atoms with Gasteiger partial charge in [0.15, 0.2) is 0 Å². The van der Waals surface area contributed by atoms with Crippen molar-refractivity contribution in [2.45, 2.75) is 75.7 Å². The van der Waals surface area contributed by atoms with Crippen LogP contribution in [0.25, 0.3) is 0 Å². The van der Waals surface area contributed by atoms with Gasteiger partial charge in [-0.1, -0.05) is 30.3 Å². The van der Waals surface area contributed by atoms with Gasteiger partial charge >= 0.3 is 0 Å². The molecule has 6 nitrogen and oxygen atoms in total. The van der Waals surface area contributed by atoms with E-state index in [2.05, 4.69) is 58.2 Å². The first kappa shape index (κ1) is 22.5. The molecule has 0 radical (unpaired) electrons. The molecule has 0 bridgehead atoms. The van der Waals surface area contributed by atoms with E-state index >= 15 is 0 Å². The topological polar surface area (TPSA) is 62.8 Å². The highest BCUT2D eigenvalue weighted by Gasteiger charge is 2.30. The Morgan fingerprint density at radius 3 is 2.73 bits per heavy atom. The number of ether oxygens (including phenoxy) is 2. The highest BCUT2D eigenvalue weighted by molar-refractivity contribution is 5.81. The third-order valence-electron chi connectivity index (χ3n) is 7.25. The number of carbonyl (C=O) groups excluding carboxylic acids is 1. The predicted molar refractivity (Wildman–Crippen MR) is 129 cm³/mol. The third-order valence-corrected chi connectivity index (χ3v) is 7.25. The number of hydrogen-bond acceptors (Lipinski definition) is 5. The molecule has 1 aliphatic carbocycles. The van der Waals surface area contributed by atoms with Gasteiger partial charge in [0.25, 0.3) is 0 Å².